The number of hydrogen-bond acceptors (Lipinski definition) is 3. The molecule has 0 unspecified atom stereocenters. The van der Waals surface area contributed by atoms with Gasteiger partial charge < -0.3 is 15.5 Å². The largest absolute Gasteiger partial charge is 0.370 e. The van der Waals surface area contributed by atoms with Gasteiger partial charge in [-0.2, -0.15) is 0 Å². The van der Waals surface area contributed by atoms with Crippen molar-refractivity contribution in [2.24, 2.45) is 5.73 Å². The van der Waals surface area contributed by atoms with Crippen LogP contribution in [0.3, 0.4) is 0 Å². The summed E-state index contributed by atoms with van der Waals surface area (Å²) >= 11 is 0. The number of aromatic amines is 1. The summed E-state index contributed by atoms with van der Waals surface area (Å²) in [5.41, 5.74) is 6.76. The number of ether oxygens (including phenoxy) is 1. The summed E-state index contributed by atoms with van der Waals surface area (Å²) in [6.07, 6.45) is 5.68. The molecule has 2 heterocycles. The lowest BCUT2D eigenvalue weighted by molar-refractivity contribution is 0.00186. The minimum absolute atomic E-state index is 0.173. The van der Waals surface area contributed by atoms with Gasteiger partial charge in [0, 0.05) is 6.04 Å². The molecule has 4 heteroatoms. The summed E-state index contributed by atoms with van der Waals surface area (Å²) in [6.45, 7) is 0.656. The van der Waals surface area contributed by atoms with E-state index in [9.17, 15) is 0 Å². The number of hydrogen-bond donors (Lipinski definition) is 2. The molecule has 1 aliphatic heterocycles. The first-order chi connectivity index (χ1) is 5.86. The second-order valence-electron chi connectivity index (χ2n) is 3.17. The van der Waals surface area contributed by atoms with E-state index in [0.29, 0.717) is 6.61 Å². The van der Waals surface area contributed by atoms with Crippen LogP contribution in [0.1, 0.15) is 24.6 Å². The molecule has 1 fully saturated rings. The quantitative estimate of drug-likeness (QED) is 0.643. The van der Waals surface area contributed by atoms with E-state index >= 15 is 0 Å². The minimum Gasteiger partial charge on any atom is -0.370 e. The average Bonchev–Trinajstić information content (AvgIpc) is 2.58. The highest BCUT2D eigenvalue weighted by molar-refractivity contribution is 5.00. The van der Waals surface area contributed by atoms with Crippen molar-refractivity contribution in [2.75, 3.05) is 6.61 Å². The summed E-state index contributed by atoms with van der Waals surface area (Å²) in [7, 11) is 0. The Balaban J connectivity index is 1.99. The van der Waals surface area contributed by atoms with Crippen molar-refractivity contribution in [3.63, 3.8) is 0 Å². The molecule has 1 aromatic heterocycles. The lowest BCUT2D eigenvalue weighted by Gasteiger charge is -2.25. The molecule has 3 N–H and O–H groups in total. The Morgan fingerprint density at radius 2 is 2.50 bits per heavy atom. The van der Waals surface area contributed by atoms with Crippen LogP contribution < -0.4 is 5.73 Å². The van der Waals surface area contributed by atoms with Gasteiger partial charge in [-0.1, -0.05) is 0 Å². The predicted octanol–water partition coefficient (Wildman–Crippen LogP) is 0.588. The monoisotopic (exact) mass is 167 g/mol. The van der Waals surface area contributed by atoms with Gasteiger partial charge >= 0.3 is 0 Å². The molecule has 0 amide bonds. The first kappa shape index (κ1) is 7.76. The number of H-pyrrole nitrogens is 1. The van der Waals surface area contributed by atoms with E-state index in [-0.39, 0.29) is 12.1 Å². The van der Waals surface area contributed by atoms with Crippen LogP contribution in [0, 0.1) is 0 Å². The van der Waals surface area contributed by atoms with Gasteiger partial charge in [0.05, 0.1) is 30.9 Å². The van der Waals surface area contributed by atoms with E-state index in [0.717, 1.165) is 18.5 Å². The maximum absolute atomic E-state index is 5.70. The highest BCUT2D eigenvalue weighted by Crippen LogP contribution is 2.25. The molecule has 1 aliphatic rings. The van der Waals surface area contributed by atoms with Gasteiger partial charge in [0.15, 0.2) is 0 Å². The average molecular weight is 167 g/mol. The van der Waals surface area contributed by atoms with Gasteiger partial charge in [0.1, 0.15) is 0 Å². The Morgan fingerprint density at radius 3 is 3.08 bits per heavy atom. The summed E-state index contributed by atoms with van der Waals surface area (Å²) in [5, 5.41) is 0. The molecule has 1 aromatic rings. The summed E-state index contributed by atoms with van der Waals surface area (Å²) in [6, 6.07) is 0.212. The number of nitrogens with one attached hydrogen (secondary N) is 1. The molecule has 0 radical (unpaired) electrons. The summed E-state index contributed by atoms with van der Waals surface area (Å²) in [5.74, 6) is 0. The van der Waals surface area contributed by atoms with E-state index in [2.05, 4.69) is 9.97 Å². The maximum Gasteiger partial charge on any atom is 0.0989 e. The van der Waals surface area contributed by atoms with Crippen LogP contribution in [0.15, 0.2) is 12.5 Å². The smallest absolute Gasteiger partial charge is 0.0989 e. The third-order valence-corrected chi connectivity index (χ3v) is 2.18. The van der Waals surface area contributed by atoms with Crippen molar-refractivity contribution in [3.05, 3.63) is 18.2 Å². The molecule has 0 aromatic carbocycles. The third-order valence-electron chi connectivity index (χ3n) is 2.18. The predicted molar refractivity (Wildman–Crippen MR) is 44.5 cm³/mol. The van der Waals surface area contributed by atoms with Gasteiger partial charge in [-0.05, 0) is 12.8 Å². The Labute approximate surface area is 71.1 Å². The van der Waals surface area contributed by atoms with Gasteiger partial charge in [-0.3, -0.25) is 0 Å². The fourth-order valence-electron chi connectivity index (χ4n) is 1.46. The second kappa shape index (κ2) is 3.25. The number of aromatic nitrogens is 2. The van der Waals surface area contributed by atoms with Crippen molar-refractivity contribution >= 4 is 0 Å². The van der Waals surface area contributed by atoms with Crippen LogP contribution in [0.2, 0.25) is 0 Å². The van der Waals surface area contributed by atoms with Crippen LogP contribution in [-0.4, -0.2) is 22.6 Å². The van der Waals surface area contributed by atoms with Crippen LogP contribution in [0.4, 0.5) is 0 Å². The molecule has 0 aliphatic carbocycles. The van der Waals surface area contributed by atoms with E-state index in [1.807, 2.05) is 6.20 Å². The highest BCUT2D eigenvalue weighted by Gasteiger charge is 2.20. The topological polar surface area (TPSA) is 63.9 Å². The van der Waals surface area contributed by atoms with Gasteiger partial charge in [0.25, 0.3) is 0 Å². The molecule has 4 nitrogen and oxygen atoms in total. The molecule has 1 saturated heterocycles. The molecule has 66 valence electrons. The van der Waals surface area contributed by atoms with E-state index in [1.54, 1.807) is 6.33 Å². The van der Waals surface area contributed by atoms with Crippen LogP contribution >= 0.6 is 0 Å². The van der Waals surface area contributed by atoms with Gasteiger partial charge in [-0.15, -0.1) is 0 Å². The zero-order valence-corrected chi connectivity index (χ0v) is 6.86. The highest BCUT2D eigenvalue weighted by atomic mass is 16.5. The first-order valence-electron chi connectivity index (χ1n) is 4.21. The van der Waals surface area contributed by atoms with Crippen molar-refractivity contribution in [2.45, 2.75) is 25.0 Å². The third kappa shape index (κ3) is 1.49. The molecular formula is C8H13N3O. The molecular weight excluding hydrogens is 154 g/mol. The van der Waals surface area contributed by atoms with Crippen LogP contribution in [-0.2, 0) is 4.74 Å². The van der Waals surface area contributed by atoms with E-state index in [4.69, 9.17) is 10.5 Å². The second-order valence-corrected chi connectivity index (χ2v) is 3.17. The van der Waals surface area contributed by atoms with E-state index in [1.165, 1.54) is 0 Å². The fraction of sp³-hybridized carbons (Fsp3) is 0.625. The van der Waals surface area contributed by atoms with E-state index < -0.39 is 0 Å². The fourth-order valence-corrected chi connectivity index (χ4v) is 1.46. The maximum atomic E-state index is 5.70. The van der Waals surface area contributed by atoms with Crippen LogP contribution in [0.5, 0.6) is 0 Å². The Kier molecular flexibility index (Phi) is 2.10. The van der Waals surface area contributed by atoms with Crippen molar-refractivity contribution in [1.29, 1.82) is 0 Å². The zero-order chi connectivity index (χ0) is 8.39. The molecule has 0 saturated carbocycles. The molecule has 12 heavy (non-hydrogen) atoms. The molecule has 2 atom stereocenters. The Morgan fingerprint density at radius 1 is 1.58 bits per heavy atom. The Bertz CT molecular complexity index is 226. The van der Waals surface area contributed by atoms with Crippen LogP contribution in [0.25, 0.3) is 0 Å². The lowest BCUT2D eigenvalue weighted by atomic mass is 10.0. The normalized spacial score (nSPS) is 30.4. The zero-order valence-electron chi connectivity index (χ0n) is 6.86. The number of rotatable bonds is 1. The molecule has 0 spiro atoms. The molecule has 0 bridgehead atoms. The standard InChI is InChI=1S/C8H13N3O/c9-6-1-2-8(12-4-6)7-3-10-5-11-7/h3,5-6,8H,1-2,4,9H2,(H,10,11)/t6-,8+/m0/s1. The number of nitrogens with two attached hydrogens (primary N) is 1. The van der Waals surface area contributed by atoms with Crippen molar-refractivity contribution in [3.8, 4) is 0 Å². The SMILES string of the molecule is N[C@H]1CC[C@H](c2cnc[nH]2)OC1. The summed E-state index contributed by atoms with van der Waals surface area (Å²) in [4.78, 5) is 6.99. The van der Waals surface area contributed by atoms with Crippen molar-refractivity contribution < 1.29 is 4.74 Å². The van der Waals surface area contributed by atoms with Gasteiger partial charge in [0.2, 0.25) is 0 Å². The summed E-state index contributed by atoms with van der Waals surface area (Å²) < 4.78 is 5.54. The Hall–Kier alpha value is -0.870. The molecule has 2 rings (SSSR count). The minimum atomic E-state index is 0.173. The number of imidazole rings is 1. The van der Waals surface area contributed by atoms with Crippen molar-refractivity contribution in [1.82, 2.24) is 9.97 Å². The lowest BCUT2D eigenvalue weighted by Crippen LogP contribution is -2.32. The first-order valence-corrected chi connectivity index (χ1v) is 4.21. The van der Waals surface area contributed by atoms with Gasteiger partial charge in [-0.25, -0.2) is 4.98 Å². The number of nitrogens with zero attached hydrogens (tertiary/aromatic N) is 1.